The van der Waals surface area contributed by atoms with Gasteiger partial charge in [-0.3, -0.25) is 4.48 Å². The zero-order valence-corrected chi connectivity index (χ0v) is 28.5. The monoisotopic (exact) mass is 842 g/mol. The summed E-state index contributed by atoms with van der Waals surface area (Å²) in [4.78, 5) is 0. The average Bonchev–Trinajstić information content (AvgIpc) is 3.13. The van der Waals surface area contributed by atoms with Crippen molar-refractivity contribution in [1.82, 2.24) is 4.48 Å². The Balaban J connectivity index is 0.000000281. The first-order valence-corrected chi connectivity index (χ1v) is 14.5. The summed E-state index contributed by atoms with van der Waals surface area (Å²) in [6, 6.07) is 32.3. The van der Waals surface area contributed by atoms with Gasteiger partial charge in [-0.2, -0.15) is 17.6 Å². The van der Waals surface area contributed by atoms with E-state index >= 15 is 0 Å². The van der Waals surface area contributed by atoms with Crippen molar-refractivity contribution in [2.75, 3.05) is 7.05 Å². The van der Waals surface area contributed by atoms with Crippen molar-refractivity contribution in [3.8, 4) is 11.5 Å². The van der Waals surface area contributed by atoms with E-state index in [-0.39, 0.29) is 19.5 Å². The smallest absolute Gasteiger partial charge is 0.860 e. The van der Waals surface area contributed by atoms with Gasteiger partial charge in [0.25, 0.3) is 0 Å². The molecule has 0 spiro atoms. The minimum Gasteiger partial charge on any atom is -0.860 e. The van der Waals surface area contributed by atoms with Crippen LogP contribution in [-0.4, -0.2) is 21.7 Å². The zero-order valence-electron chi connectivity index (χ0n) is 26.8. The fraction of sp³-hybridized carbons (Fsp3) is 0.0909. The van der Waals surface area contributed by atoms with Crippen LogP contribution in [0.5, 0.6) is 11.5 Å². The fourth-order valence-electron chi connectivity index (χ4n) is 4.57. The van der Waals surface area contributed by atoms with Gasteiger partial charge in [-0.1, -0.05) is 78.9 Å². The van der Waals surface area contributed by atoms with Crippen molar-refractivity contribution < 1.29 is 92.8 Å². The molecule has 0 amide bonds. The molecule has 0 saturated carbocycles. The SMILES string of the molecule is C[N+](Cc1ccccc1)(Cc1ccccc1)c1ccccc1.[O-]B([O-])Oc1c(F)c(F)c(F)c(F)c1F.[O-]B([O-])Oc1c(F)c(F)c(F)c(F)c1F.[Ru+3]. The molecule has 0 aromatic heterocycles. The summed E-state index contributed by atoms with van der Waals surface area (Å²) in [5.74, 6) is -27.1. The fourth-order valence-corrected chi connectivity index (χ4v) is 4.57. The predicted octanol–water partition coefficient (Wildman–Crippen LogP) is 3.95. The number of benzene rings is 5. The molecule has 5 rings (SSSR count). The molecule has 5 aromatic carbocycles. The van der Waals surface area contributed by atoms with Gasteiger partial charge in [0.1, 0.15) is 33.4 Å². The molecule has 0 N–H and O–H groups in total. The molecule has 0 bridgehead atoms. The summed E-state index contributed by atoms with van der Waals surface area (Å²) in [7, 11) is -4.08. The second-order valence-electron chi connectivity index (χ2n) is 10.6. The summed E-state index contributed by atoms with van der Waals surface area (Å²) in [6.45, 7) is 1.97. The third-order valence-electron chi connectivity index (χ3n) is 6.90. The first kappa shape index (κ1) is 44.7. The summed E-state index contributed by atoms with van der Waals surface area (Å²) in [5, 5.41) is 39.4. The normalized spacial score (nSPS) is 10.5. The first-order valence-electron chi connectivity index (χ1n) is 14.5. The molecule has 1 radical (unpaired) electrons. The van der Waals surface area contributed by atoms with Gasteiger partial charge >= 0.3 is 19.5 Å². The molecule has 7 nitrogen and oxygen atoms in total. The molecular formula is C33H22B2F10NO6Ru. The van der Waals surface area contributed by atoms with Gasteiger partial charge in [0.2, 0.25) is 58.2 Å². The van der Waals surface area contributed by atoms with E-state index in [0.29, 0.717) is 0 Å². The van der Waals surface area contributed by atoms with Crippen LogP contribution < -0.4 is 33.9 Å². The van der Waals surface area contributed by atoms with Crippen molar-refractivity contribution in [1.29, 1.82) is 0 Å². The van der Waals surface area contributed by atoms with Crippen molar-refractivity contribution in [2.24, 2.45) is 0 Å². The topological polar surface area (TPSA) is 111 Å². The quantitative estimate of drug-likeness (QED) is 0.0732. The molecule has 5 aromatic rings. The van der Waals surface area contributed by atoms with Crippen LogP contribution in [0.4, 0.5) is 49.6 Å². The molecule has 20 heteroatoms. The molecule has 0 aliphatic carbocycles. The molecule has 0 saturated heterocycles. The third kappa shape index (κ3) is 11.8. The minimum absolute atomic E-state index is 0. The minimum atomic E-state index is -3.20. The molecule has 0 unspecified atom stereocenters. The molecule has 0 fully saturated rings. The number of nitrogens with zero attached hydrogens (tertiary/aromatic N) is 1. The summed E-state index contributed by atoms with van der Waals surface area (Å²) in [6.07, 6.45) is 0. The Kier molecular flexibility index (Phi) is 17.0. The van der Waals surface area contributed by atoms with Gasteiger partial charge in [0.05, 0.1) is 7.05 Å². The maximum Gasteiger partial charge on any atom is 3.00 e. The summed E-state index contributed by atoms with van der Waals surface area (Å²) < 4.78 is 133. The molecule has 0 atom stereocenters. The van der Waals surface area contributed by atoms with E-state index in [2.05, 4.69) is 107 Å². The Morgan fingerprint density at radius 1 is 0.434 bits per heavy atom. The summed E-state index contributed by atoms with van der Waals surface area (Å²) >= 11 is 0. The Morgan fingerprint density at radius 2 is 0.679 bits per heavy atom. The zero-order chi connectivity index (χ0) is 38.7. The van der Waals surface area contributed by atoms with Gasteiger partial charge in [0.15, 0.2) is 11.5 Å². The van der Waals surface area contributed by atoms with Crippen LogP contribution in [0, 0.1) is 58.2 Å². The molecule has 53 heavy (non-hydrogen) atoms. The van der Waals surface area contributed by atoms with Crippen LogP contribution >= 0.6 is 0 Å². The van der Waals surface area contributed by atoms with Gasteiger partial charge in [-0.15, -0.1) is 0 Å². The maximum absolute atomic E-state index is 12.6. The van der Waals surface area contributed by atoms with E-state index < -0.39 is 84.3 Å². The Morgan fingerprint density at radius 3 is 0.943 bits per heavy atom. The van der Waals surface area contributed by atoms with Gasteiger partial charge in [-0.05, 0) is 12.1 Å². The maximum atomic E-state index is 12.6. The van der Waals surface area contributed by atoms with Gasteiger partial charge in [0, 0.05) is 11.1 Å². The van der Waals surface area contributed by atoms with E-state index in [1.54, 1.807) is 0 Å². The number of rotatable bonds is 9. The Hall–Kier alpha value is -4.45. The van der Waals surface area contributed by atoms with Crippen LogP contribution in [0.3, 0.4) is 0 Å². The third-order valence-corrected chi connectivity index (χ3v) is 6.90. The Bertz CT molecular complexity index is 1760. The standard InChI is InChI=1S/C21H22N.2C6BF5O3.Ru/c1-22(21-15-9-4-10-16-21,17-19-11-5-2-6-12-19)18-20-13-7-3-8-14-20;2*8-1-2(9)4(11)6(15-7(13)14)5(12)3(1)10;/h2-16H,17-18H2,1H3;;;/q+1;2*-2;+3. The van der Waals surface area contributed by atoms with Gasteiger partial charge in [-0.25, -0.2) is 26.3 Å². The largest absolute Gasteiger partial charge is 3.00 e. The number of hydrogen-bond acceptors (Lipinski definition) is 6. The predicted molar refractivity (Wildman–Crippen MR) is 160 cm³/mol. The number of hydrogen-bond donors (Lipinski definition) is 0. The van der Waals surface area contributed by atoms with E-state index in [9.17, 15) is 64.0 Å². The van der Waals surface area contributed by atoms with Crippen molar-refractivity contribution in [3.05, 3.63) is 160 Å². The van der Waals surface area contributed by atoms with Crippen molar-refractivity contribution >= 4 is 20.3 Å². The van der Waals surface area contributed by atoms with Crippen LogP contribution in [0.2, 0.25) is 0 Å². The van der Waals surface area contributed by atoms with E-state index in [4.69, 9.17) is 0 Å². The van der Waals surface area contributed by atoms with E-state index in [0.717, 1.165) is 17.6 Å². The molecule has 0 aliphatic rings. The Labute approximate surface area is 309 Å². The van der Waals surface area contributed by atoms with Gasteiger partial charge < -0.3 is 29.4 Å². The van der Waals surface area contributed by atoms with Crippen LogP contribution in [0.15, 0.2) is 91.0 Å². The van der Waals surface area contributed by atoms with Crippen molar-refractivity contribution in [2.45, 2.75) is 13.1 Å². The number of quaternary nitrogens is 1. The van der Waals surface area contributed by atoms with Crippen LogP contribution in [0.1, 0.15) is 11.1 Å². The summed E-state index contributed by atoms with van der Waals surface area (Å²) in [5.41, 5.74) is 4.07. The molecule has 279 valence electrons. The van der Waals surface area contributed by atoms with Crippen LogP contribution in [0.25, 0.3) is 0 Å². The first-order chi connectivity index (χ1) is 24.5. The second kappa shape index (κ2) is 20.1. The van der Waals surface area contributed by atoms with Crippen molar-refractivity contribution in [3.63, 3.8) is 0 Å². The van der Waals surface area contributed by atoms with E-state index in [1.165, 1.54) is 16.8 Å². The number of para-hydroxylation sites is 1. The molecule has 0 aliphatic heterocycles. The average molecular weight is 841 g/mol. The molecular weight excluding hydrogens is 819 g/mol. The number of halogens is 10. The second-order valence-corrected chi connectivity index (χ2v) is 10.6. The van der Waals surface area contributed by atoms with Crippen LogP contribution in [-0.2, 0) is 32.6 Å². The molecule has 0 heterocycles. The van der Waals surface area contributed by atoms with E-state index in [1.807, 2.05) is 0 Å².